The molecule has 3 N–H and O–H groups in total. The van der Waals surface area contributed by atoms with Crippen LogP contribution in [0.5, 0.6) is 5.88 Å². The zero-order valence-corrected chi connectivity index (χ0v) is 26.5. The summed E-state index contributed by atoms with van der Waals surface area (Å²) in [6, 6.07) is 10.6. The van der Waals surface area contributed by atoms with Crippen LogP contribution in [0.3, 0.4) is 0 Å². The van der Waals surface area contributed by atoms with Gasteiger partial charge in [-0.2, -0.15) is 4.31 Å². The number of ether oxygens (including phenoxy) is 1. The molecule has 5 rings (SSSR count). The van der Waals surface area contributed by atoms with Crippen LogP contribution < -0.4 is 15.8 Å². The van der Waals surface area contributed by atoms with Crippen LogP contribution in [0, 0.1) is 5.82 Å². The molecule has 1 aromatic heterocycles. The number of benzene rings is 2. The molecule has 5 atom stereocenters. The first-order valence-corrected chi connectivity index (χ1v) is 17.0. The van der Waals surface area contributed by atoms with E-state index in [2.05, 4.69) is 15.3 Å². The zero-order valence-electron chi connectivity index (χ0n) is 25.0. The third kappa shape index (κ3) is 7.63. The number of sulfonamides is 1. The van der Waals surface area contributed by atoms with Crippen molar-refractivity contribution in [2.45, 2.75) is 76.1 Å². The van der Waals surface area contributed by atoms with E-state index in [0.717, 1.165) is 12.0 Å². The number of ketones is 1. The molecule has 2 fully saturated rings. The summed E-state index contributed by atoms with van der Waals surface area (Å²) in [5.41, 5.74) is 8.82. The van der Waals surface area contributed by atoms with E-state index in [1.807, 2.05) is 13.8 Å². The number of hydrogen-bond acceptors (Lipinski definition) is 8. The SMILES string of the molecule is CC(C)Oc1cnc([C@H](c2ccc(Cl)cc2)[C@H](N)C(=O)Cc2cccc(F)c2CC[C@H]2CN[C@@H]3CCCS(=O)(=O)N2C3)cn1. The van der Waals surface area contributed by atoms with Crippen molar-refractivity contribution < 1.29 is 22.3 Å². The van der Waals surface area contributed by atoms with Gasteiger partial charge in [-0.3, -0.25) is 9.78 Å². The molecule has 0 aliphatic carbocycles. The predicted octanol–water partition coefficient (Wildman–Crippen LogP) is 4.03. The van der Waals surface area contributed by atoms with Crippen molar-refractivity contribution in [1.82, 2.24) is 19.6 Å². The first-order chi connectivity index (χ1) is 21.0. The van der Waals surface area contributed by atoms with Gasteiger partial charge in [-0.1, -0.05) is 35.9 Å². The van der Waals surface area contributed by atoms with E-state index in [0.29, 0.717) is 53.7 Å². The number of hydrogen-bond donors (Lipinski definition) is 2. The Labute approximate surface area is 263 Å². The second kappa shape index (κ2) is 14.0. The molecule has 44 heavy (non-hydrogen) atoms. The van der Waals surface area contributed by atoms with Gasteiger partial charge < -0.3 is 15.8 Å². The van der Waals surface area contributed by atoms with Crippen molar-refractivity contribution in [3.8, 4) is 5.88 Å². The first-order valence-electron chi connectivity index (χ1n) is 15.0. The molecule has 2 aliphatic heterocycles. The quantitative estimate of drug-likeness (QED) is 0.321. The average molecular weight is 644 g/mol. The number of rotatable bonds is 11. The van der Waals surface area contributed by atoms with E-state index < -0.39 is 27.8 Å². The molecule has 1 unspecified atom stereocenters. The number of piperazine rings is 1. The molecular formula is C32H39ClFN5O4S. The Balaban J connectivity index is 1.36. The van der Waals surface area contributed by atoms with Crippen LogP contribution >= 0.6 is 11.6 Å². The molecule has 236 valence electrons. The Morgan fingerprint density at radius 1 is 1.18 bits per heavy atom. The largest absolute Gasteiger partial charge is 0.474 e. The number of carbonyl (C=O) groups is 1. The second-order valence-corrected chi connectivity index (χ2v) is 14.3. The van der Waals surface area contributed by atoms with Gasteiger partial charge in [0.25, 0.3) is 0 Å². The molecule has 3 aromatic rings. The van der Waals surface area contributed by atoms with Crippen LogP contribution in [0.1, 0.15) is 61.4 Å². The molecule has 0 amide bonds. The number of nitrogens with zero attached hydrogens (tertiary/aromatic N) is 3. The molecule has 0 radical (unpaired) electrons. The maximum Gasteiger partial charge on any atom is 0.232 e. The lowest BCUT2D eigenvalue weighted by molar-refractivity contribution is -0.120. The summed E-state index contributed by atoms with van der Waals surface area (Å²) >= 11 is 6.13. The highest BCUT2D eigenvalue weighted by Crippen LogP contribution is 2.30. The van der Waals surface area contributed by atoms with Gasteiger partial charge in [0.05, 0.1) is 41.9 Å². The summed E-state index contributed by atoms with van der Waals surface area (Å²) in [4.78, 5) is 22.7. The third-order valence-corrected chi connectivity index (χ3v) is 10.6. The molecule has 2 saturated heterocycles. The number of halogens is 2. The van der Waals surface area contributed by atoms with Gasteiger partial charge in [0.15, 0.2) is 5.78 Å². The maximum atomic E-state index is 15.2. The van der Waals surface area contributed by atoms with Crippen LogP contribution in [0.15, 0.2) is 54.9 Å². The number of nitrogens with two attached hydrogens (primary N) is 1. The first kappa shape index (κ1) is 32.4. The molecule has 2 bridgehead atoms. The van der Waals surface area contributed by atoms with Gasteiger partial charge in [-0.25, -0.2) is 17.8 Å². The van der Waals surface area contributed by atoms with Gasteiger partial charge in [-0.15, -0.1) is 0 Å². The van der Waals surface area contributed by atoms with Gasteiger partial charge >= 0.3 is 0 Å². The standard InChI is InChI=1S/C32H39ClFN5O4S/c1-20(2)43-30-18-37-28(17-38-30)31(21-8-10-23(33)11-9-21)32(35)29(40)15-22-5-3-7-27(34)26(22)13-12-25-16-36-24-6-4-14-44(41,42)39(25)19-24/h3,5,7-11,17-18,20,24-25,31-32,36H,4,6,12-16,19,35H2,1-2H3/t24-,25+,31+,32-/m1/s1. The minimum absolute atomic E-state index is 0.0773. The highest BCUT2D eigenvalue weighted by atomic mass is 35.5. The molecule has 12 heteroatoms. The van der Waals surface area contributed by atoms with E-state index in [1.54, 1.807) is 46.9 Å². The summed E-state index contributed by atoms with van der Waals surface area (Å²) in [6.45, 7) is 4.73. The Bertz CT molecular complexity index is 1560. The fraction of sp³-hybridized carbons (Fsp3) is 0.469. The van der Waals surface area contributed by atoms with E-state index in [-0.39, 0.29) is 42.6 Å². The predicted molar refractivity (Wildman–Crippen MR) is 168 cm³/mol. The number of fused-ring (bicyclic) bond motifs is 2. The van der Waals surface area contributed by atoms with Crippen LogP contribution in [-0.2, 0) is 27.7 Å². The van der Waals surface area contributed by atoms with Crippen molar-refractivity contribution in [1.29, 1.82) is 0 Å². The minimum atomic E-state index is -3.37. The van der Waals surface area contributed by atoms with Crippen molar-refractivity contribution in [3.63, 3.8) is 0 Å². The fourth-order valence-electron chi connectivity index (χ4n) is 6.12. The smallest absolute Gasteiger partial charge is 0.232 e. The van der Waals surface area contributed by atoms with Crippen molar-refractivity contribution in [2.75, 3.05) is 18.8 Å². The van der Waals surface area contributed by atoms with Crippen molar-refractivity contribution in [3.05, 3.63) is 88.1 Å². The van der Waals surface area contributed by atoms with Crippen molar-refractivity contribution >= 4 is 27.4 Å². The summed E-state index contributed by atoms with van der Waals surface area (Å²) in [5.74, 6) is -0.860. The van der Waals surface area contributed by atoms with Gasteiger partial charge in [-0.05, 0) is 74.4 Å². The van der Waals surface area contributed by atoms with E-state index >= 15 is 4.39 Å². The minimum Gasteiger partial charge on any atom is -0.474 e. The number of aromatic nitrogens is 2. The lowest BCUT2D eigenvalue weighted by Crippen LogP contribution is -2.57. The molecular weight excluding hydrogens is 605 g/mol. The summed E-state index contributed by atoms with van der Waals surface area (Å²) < 4.78 is 48.3. The highest BCUT2D eigenvalue weighted by molar-refractivity contribution is 7.89. The Hall–Kier alpha value is -2.96. The molecule has 2 aromatic carbocycles. The third-order valence-electron chi connectivity index (χ3n) is 8.35. The normalized spacial score (nSPS) is 22.6. The van der Waals surface area contributed by atoms with Gasteiger partial charge in [0.2, 0.25) is 15.9 Å². The van der Waals surface area contributed by atoms with Crippen LogP contribution in [-0.4, -0.2) is 71.5 Å². The molecule has 0 spiro atoms. The molecule has 3 heterocycles. The van der Waals surface area contributed by atoms with Crippen LogP contribution in [0.25, 0.3) is 0 Å². The lowest BCUT2D eigenvalue weighted by Gasteiger charge is -2.37. The molecule has 2 aliphatic rings. The van der Waals surface area contributed by atoms with Crippen LogP contribution in [0.4, 0.5) is 4.39 Å². The maximum absolute atomic E-state index is 15.2. The Kier molecular flexibility index (Phi) is 10.3. The van der Waals surface area contributed by atoms with E-state index in [4.69, 9.17) is 22.1 Å². The average Bonchev–Trinajstić information content (AvgIpc) is 3.10. The summed E-state index contributed by atoms with van der Waals surface area (Å²) in [6.07, 6.45) is 5.06. The Morgan fingerprint density at radius 2 is 1.95 bits per heavy atom. The van der Waals surface area contributed by atoms with E-state index in [1.165, 1.54) is 12.3 Å². The topological polar surface area (TPSA) is 128 Å². The lowest BCUT2D eigenvalue weighted by atomic mass is 9.84. The zero-order chi connectivity index (χ0) is 31.4. The Morgan fingerprint density at radius 3 is 2.66 bits per heavy atom. The van der Waals surface area contributed by atoms with Crippen molar-refractivity contribution in [2.24, 2.45) is 5.73 Å². The monoisotopic (exact) mass is 643 g/mol. The number of carbonyl (C=O) groups excluding carboxylic acids is 1. The second-order valence-electron chi connectivity index (χ2n) is 11.8. The molecule has 9 nitrogen and oxygen atoms in total. The summed E-state index contributed by atoms with van der Waals surface area (Å²) in [7, 11) is -3.37. The fourth-order valence-corrected chi connectivity index (χ4v) is 8.05. The summed E-state index contributed by atoms with van der Waals surface area (Å²) in [5, 5.41) is 3.99. The van der Waals surface area contributed by atoms with Gasteiger partial charge in [0.1, 0.15) is 5.82 Å². The highest BCUT2D eigenvalue weighted by Gasteiger charge is 2.38. The number of nitrogens with one attached hydrogen (secondary N) is 1. The molecule has 0 saturated carbocycles. The number of Topliss-reactive ketones (excluding diaryl/α,β-unsaturated/α-hetero) is 1. The van der Waals surface area contributed by atoms with E-state index in [9.17, 15) is 13.2 Å². The van der Waals surface area contributed by atoms with Gasteiger partial charge in [0, 0.05) is 36.6 Å². The van der Waals surface area contributed by atoms with Crippen LogP contribution in [0.2, 0.25) is 5.02 Å².